The zero-order valence-electron chi connectivity index (χ0n) is 8.23. The second-order valence-corrected chi connectivity index (χ2v) is 4.42. The Morgan fingerprint density at radius 2 is 2.17 bits per heavy atom. The highest BCUT2D eigenvalue weighted by Crippen LogP contribution is 2.15. The van der Waals surface area contributed by atoms with Crippen LogP contribution in [0.1, 0.15) is 20.8 Å². The number of rotatable bonds is 1. The van der Waals surface area contributed by atoms with Gasteiger partial charge in [-0.2, -0.15) is 0 Å². The maximum Gasteiger partial charge on any atom is 0.106 e. The predicted octanol–water partition coefficient (Wildman–Crippen LogP) is 1.03. The Morgan fingerprint density at radius 1 is 1.50 bits per heavy atom. The molecular formula is C9H19FN2. The lowest BCUT2D eigenvalue weighted by Gasteiger charge is -2.41. The third-order valence-electron chi connectivity index (χ3n) is 2.39. The number of piperazine rings is 1. The smallest absolute Gasteiger partial charge is 0.106 e. The maximum absolute atomic E-state index is 12.4. The van der Waals surface area contributed by atoms with Crippen LogP contribution in [0, 0.1) is 0 Å². The van der Waals surface area contributed by atoms with E-state index in [4.69, 9.17) is 0 Å². The van der Waals surface area contributed by atoms with Crippen LogP contribution in [-0.2, 0) is 0 Å². The SMILES string of the molecule is CC(C)(C)N1CCNC(CF)C1. The molecule has 0 spiro atoms. The van der Waals surface area contributed by atoms with Crippen LogP contribution < -0.4 is 5.32 Å². The van der Waals surface area contributed by atoms with Crippen molar-refractivity contribution in [2.75, 3.05) is 26.3 Å². The minimum absolute atomic E-state index is 0.0398. The molecular weight excluding hydrogens is 155 g/mol. The van der Waals surface area contributed by atoms with Gasteiger partial charge in [0.1, 0.15) is 6.67 Å². The van der Waals surface area contributed by atoms with Gasteiger partial charge in [0.2, 0.25) is 0 Å². The summed E-state index contributed by atoms with van der Waals surface area (Å²) in [6.07, 6.45) is 0. The molecule has 2 nitrogen and oxygen atoms in total. The minimum atomic E-state index is -0.257. The Hall–Kier alpha value is -0.150. The third-order valence-corrected chi connectivity index (χ3v) is 2.39. The van der Waals surface area contributed by atoms with E-state index in [1.165, 1.54) is 0 Å². The first-order chi connectivity index (χ1) is 5.54. The van der Waals surface area contributed by atoms with E-state index in [2.05, 4.69) is 31.0 Å². The zero-order chi connectivity index (χ0) is 9.19. The van der Waals surface area contributed by atoms with Gasteiger partial charge in [-0.15, -0.1) is 0 Å². The van der Waals surface area contributed by atoms with Crippen LogP contribution >= 0.6 is 0 Å². The topological polar surface area (TPSA) is 15.3 Å². The van der Waals surface area contributed by atoms with Crippen molar-refractivity contribution < 1.29 is 4.39 Å². The van der Waals surface area contributed by atoms with E-state index in [0.717, 1.165) is 19.6 Å². The average molecular weight is 174 g/mol. The van der Waals surface area contributed by atoms with E-state index in [1.807, 2.05) is 0 Å². The Balaban J connectivity index is 2.46. The highest BCUT2D eigenvalue weighted by molar-refractivity contribution is 4.85. The van der Waals surface area contributed by atoms with Gasteiger partial charge in [-0.05, 0) is 20.8 Å². The molecule has 0 bridgehead atoms. The number of hydrogen-bond donors (Lipinski definition) is 1. The quantitative estimate of drug-likeness (QED) is 0.638. The highest BCUT2D eigenvalue weighted by Gasteiger charge is 2.27. The molecule has 72 valence electrons. The van der Waals surface area contributed by atoms with Gasteiger partial charge in [-0.25, -0.2) is 4.39 Å². The number of alkyl halides is 1. The first kappa shape index (κ1) is 9.93. The molecule has 0 aromatic carbocycles. The molecule has 12 heavy (non-hydrogen) atoms. The molecule has 0 amide bonds. The summed E-state index contributed by atoms with van der Waals surface area (Å²) >= 11 is 0. The van der Waals surface area contributed by atoms with Crippen molar-refractivity contribution in [3.05, 3.63) is 0 Å². The summed E-state index contributed by atoms with van der Waals surface area (Å²) in [7, 11) is 0. The van der Waals surface area contributed by atoms with Crippen molar-refractivity contribution >= 4 is 0 Å². The predicted molar refractivity (Wildman–Crippen MR) is 49.1 cm³/mol. The number of hydrogen-bond acceptors (Lipinski definition) is 2. The molecule has 1 heterocycles. The summed E-state index contributed by atoms with van der Waals surface area (Å²) in [5.41, 5.74) is 0.176. The first-order valence-corrected chi connectivity index (χ1v) is 4.58. The largest absolute Gasteiger partial charge is 0.309 e. The summed E-state index contributed by atoms with van der Waals surface area (Å²) in [6, 6.07) is 0.0398. The molecule has 0 radical (unpaired) electrons. The van der Waals surface area contributed by atoms with E-state index in [-0.39, 0.29) is 18.3 Å². The lowest BCUT2D eigenvalue weighted by molar-refractivity contribution is 0.0886. The van der Waals surface area contributed by atoms with Gasteiger partial charge >= 0.3 is 0 Å². The molecule has 0 aliphatic carbocycles. The van der Waals surface area contributed by atoms with Crippen molar-refractivity contribution in [1.82, 2.24) is 10.2 Å². The fraction of sp³-hybridized carbons (Fsp3) is 1.00. The summed E-state index contributed by atoms with van der Waals surface area (Å²) in [4.78, 5) is 2.33. The molecule has 1 rings (SSSR count). The second kappa shape index (κ2) is 3.71. The zero-order valence-corrected chi connectivity index (χ0v) is 8.23. The van der Waals surface area contributed by atoms with E-state index < -0.39 is 0 Å². The fourth-order valence-corrected chi connectivity index (χ4v) is 1.54. The Morgan fingerprint density at radius 3 is 2.67 bits per heavy atom. The van der Waals surface area contributed by atoms with Crippen LogP contribution in [-0.4, -0.2) is 42.8 Å². The van der Waals surface area contributed by atoms with Gasteiger partial charge in [-0.1, -0.05) is 0 Å². The fourth-order valence-electron chi connectivity index (χ4n) is 1.54. The highest BCUT2D eigenvalue weighted by atomic mass is 19.1. The standard InChI is InChI=1S/C9H19FN2/c1-9(2,3)12-5-4-11-8(6-10)7-12/h8,11H,4-7H2,1-3H3. The third kappa shape index (κ3) is 2.42. The minimum Gasteiger partial charge on any atom is -0.309 e. The number of nitrogens with zero attached hydrogens (tertiary/aromatic N) is 1. The van der Waals surface area contributed by atoms with Crippen LogP contribution in [0.5, 0.6) is 0 Å². The van der Waals surface area contributed by atoms with Crippen LogP contribution in [0.4, 0.5) is 4.39 Å². The summed E-state index contributed by atoms with van der Waals surface area (Å²) < 4.78 is 12.4. The molecule has 1 unspecified atom stereocenters. The van der Waals surface area contributed by atoms with Crippen molar-refractivity contribution in [1.29, 1.82) is 0 Å². The summed E-state index contributed by atoms with van der Waals surface area (Å²) in [6.45, 7) is 9.03. The van der Waals surface area contributed by atoms with E-state index in [1.54, 1.807) is 0 Å². The molecule has 1 N–H and O–H groups in total. The van der Waals surface area contributed by atoms with Gasteiger partial charge in [0, 0.05) is 31.2 Å². The van der Waals surface area contributed by atoms with Gasteiger partial charge in [0.15, 0.2) is 0 Å². The summed E-state index contributed by atoms with van der Waals surface area (Å²) in [5, 5.41) is 3.15. The normalized spacial score (nSPS) is 27.5. The van der Waals surface area contributed by atoms with Gasteiger partial charge in [-0.3, -0.25) is 4.90 Å². The molecule has 0 saturated carbocycles. The molecule has 1 aliphatic heterocycles. The van der Waals surface area contributed by atoms with Crippen molar-refractivity contribution in [3.8, 4) is 0 Å². The van der Waals surface area contributed by atoms with Crippen LogP contribution in [0.25, 0.3) is 0 Å². The van der Waals surface area contributed by atoms with E-state index >= 15 is 0 Å². The Bertz CT molecular complexity index is 142. The monoisotopic (exact) mass is 174 g/mol. The first-order valence-electron chi connectivity index (χ1n) is 4.58. The molecule has 1 atom stereocenters. The van der Waals surface area contributed by atoms with Gasteiger partial charge < -0.3 is 5.32 Å². The number of halogens is 1. The van der Waals surface area contributed by atoms with Crippen molar-refractivity contribution in [2.45, 2.75) is 32.4 Å². The van der Waals surface area contributed by atoms with Crippen molar-refractivity contribution in [3.63, 3.8) is 0 Å². The molecule has 1 saturated heterocycles. The van der Waals surface area contributed by atoms with Crippen molar-refractivity contribution in [2.24, 2.45) is 0 Å². The van der Waals surface area contributed by atoms with Crippen LogP contribution in [0.2, 0.25) is 0 Å². The number of nitrogens with one attached hydrogen (secondary N) is 1. The summed E-state index contributed by atoms with van der Waals surface area (Å²) in [5.74, 6) is 0. The molecule has 0 aromatic rings. The second-order valence-electron chi connectivity index (χ2n) is 4.42. The Labute approximate surface area is 74.1 Å². The molecule has 0 aromatic heterocycles. The van der Waals surface area contributed by atoms with Gasteiger partial charge in [0.05, 0.1) is 0 Å². The Kier molecular flexibility index (Phi) is 3.07. The maximum atomic E-state index is 12.4. The molecule has 3 heteroatoms. The van der Waals surface area contributed by atoms with Crippen LogP contribution in [0.3, 0.4) is 0 Å². The van der Waals surface area contributed by atoms with E-state index in [9.17, 15) is 4.39 Å². The molecule has 1 fully saturated rings. The molecule has 1 aliphatic rings. The van der Waals surface area contributed by atoms with Gasteiger partial charge in [0.25, 0.3) is 0 Å². The van der Waals surface area contributed by atoms with E-state index in [0.29, 0.717) is 0 Å². The average Bonchev–Trinajstić information content (AvgIpc) is 2.03. The van der Waals surface area contributed by atoms with Crippen LogP contribution in [0.15, 0.2) is 0 Å². The lowest BCUT2D eigenvalue weighted by atomic mass is 10.0. The lowest BCUT2D eigenvalue weighted by Crippen LogP contribution is -2.57.